The van der Waals surface area contributed by atoms with Crippen LogP contribution in [0.15, 0.2) is 46.1 Å². The van der Waals surface area contributed by atoms with Crippen LogP contribution in [0.25, 0.3) is 0 Å². The molecule has 1 aliphatic carbocycles. The molecule has 7 heteroatoms. The second kappa shape index (κ2) is 5.93. The highest BCUT2D eigenvalue weighted by Gasteiger charge is 2.27. The molecule has 116 valence electrons. The molecule has 0 atom stereocenters. The highest BCUT2D eigenvalue weighted by molar-refractivity contribution is 5.90. The molecule has 1 N–H and O–H groups in total. The van der Waals surface area contributed by atoms with Crippen LogP contribution in [0.3, 0.4) is 0 Å². The standard InChI is InChI=1S/C16H14N4O3/c17-8-11-9-19(13-6-7-13)16(23)20(15(11)22)10-14(21)18-12-4-2-1-3-5-12/h1-5,9,13H,6-7,10H2,(H,18,21). The minimum Gasteiger partial charge on any atom is -0.325 e. The second-order valence-corrected chi connectivity index (χ2v) is 5.38. The minimum atomic E-state index is -0.738. The highest BCUT2D eigenvalue weighted by atomic mass is 16.2. The van der Waals surface area contributed by atoms with Gasteiger partial charge >= 0.3 is 5.69 Å². The van der Waals surface area contributed by atoms with E-state index in [9.17, 15) is 14.4 Å². The van der Waals surface area contributed by atoms with E-state index in [-0.39, 0.29) is 11.6 Å². The second-order valence-electron chi connectivity index (χ2n) is 5.38. The number of hydrogen-bond acceptors (Lipinski definition) is 4. The smallest absolute Gasteiger partial charge is 0.325 e. The van der Waals surface area contributed by atoms with E-state index in [2.05, 4.69) is 5.32 Å². The number of anilines is 1. The Morgan fingerprint density at radius 3 is 2.57 bits per heavy atom. The predicted octanol–water partition coefficient (Wildman–Crippen LogP) is 0.855. The molecule has 1 saturated carbocycles. The molecule has 0 saturated heterocycles. The Hall–Kier alpha value is -3.14. The lowest BCUT2D eigenvalue weighted by Gasteiger charge is -2.10. The molecule has 3 rings (SSSR count). The Labute approximate surface area is 131 Å². The summed E-state index contributed by atoms with van der Waals surface area (Å²) in [6.07, 6.45) is 2.95. The fourth-order valence-corrected chi connectivity index (χ4v) is 2.32. The number of carbonyl (C=O) groups is 1. The van der Waals surface area contributed by atoms with Crippen LogP contribution in [0.5, 0.6) is 0 Å². The molecule has 23 heavy (non-hydrogen) atoms. The van der Waals surface area contributed by atoms with Gasteiger partial charge in [0, 0.05) is 17.9 Å². The van der Waals surface area contributed by atoms with Gasteiger partial charge in [-0.2, -0.15) is 5.26 Å². The Bertz CT molecular complexity index is 902. The van der Waals surface area contributed by atoms with E-state index in [1.165, 1.54) is 10.8 Å². The van der Waals surface area contributed by atoms with Crippen LogP contribution in [-0.4, -0.2) is 15.0 Å². The average Bonchev–Trinajstić information content (AvgIpc) is 3.37. The summed E-state index contributed by atoms with van der Waals surface area (Å²) < 4.78 is 2.19. The summed E-state index contributed by atoms with van der Waals surface area (Å²) in [6.45, 7) is -0.422. The van der Waals surface area contributed by atoms with E-state index in [1.54, 1.807) is 30.3 Å². The molecule has 1 fully saturated rings. The summed E-state index contributed by atoms with van der Waals surface area (Å²) in [5.41, 5.74) is -0.856. The molecule has 1 amide bonds. The summed E-state index contributed by atoms with van der Waals surface area (Å²) in [6, 6.07) is 10.5. The van der Waals surface area contributed by atoms with Gasteiger partial charge < -0.3 is 5.32 Å². The predicted molar refractivity (Wildman–Crippen MR) is 83.0 cm³/mol. The van der Waals surface area contributed by atoms with Gasteiger partial charge in [0.2, 0.25) is 5.91 Å². The van der Waals surface area contributed by atoms with Crippen molar-refractivity contribution in [1.29, 1.82) is 5.26 Å². The first-order valence-corrected chi connectivity index (χ1v) is 7.21. The number of rotatable bonds is 4. The largest absolute Gasteiger partial charge is 0.331 e. The summed E-state index contributed by atoms with van der Waals surface area (Å²) >= 11 is 0. The molecule has 1 aromatic heterocycles. The van der Waals surface area contributed by atoms with Crippen molar-refractivity contribution in [2.24, 2.45) is 0 Å². The number of aromatic nitrogens is 2. The van der Waals surface area contributed by atoms with E-state index in [1.807, 2.05) is 6.07 Å². The van der Waals surface area contributed by atoms with Crippen molar-refractivity contribution in [3.8, 4) is 6.07 Å². The summed E-state index contributed by atoms with van der Waals surface area (Å²) in [7, 11) is 0. The van der Waals surface area contributed by atoms with Crippen molar-refractivity contribution in [3.63, 3.8) is 0 Å². The maximum absolute atomic E-state index is 12.4. The molecule has 0 aliphatic heterocycles. The fraction of sp³-hybridized carbons (Fsp3) is 0.250. The van der Waals surface area contributed by atoms with Gasteiger partial charge in [0.25, 0.3) is 5.56 Å². The molecule has 7 nitrogen and oxygen atoms in total. The third kappa shape index (κ3) is 3.06. The van der Waals surface area contributed by atoms with Crippen molar-refractivity contribution in [2.75, 3.05) is 5.32 Å². The number of para-hydroxylation sites is 1. The monoisotopic (exact) mass is 310 g/mol. The van der Waals surface area contributed by atoms with Gasteiger partial charge in [0.15, 0.2) is 0 Å². The molecule has 1 aliphatic rings. The maximum atomic E-state index is 12.4. The first-order valence-electron chi connectivity index (χ1n) is 7.21. The summed E-state index contributed by atoms with van der Waals surface area (Å²) in [5, 5.41) is 11.7. The van der Waals surface area contributed by atoms with Gasteiger partial charge in [-0.05, 0) is 25.0 Å². The van der Waals surface area contributed by atoms with Crippen LogP contribution in [0.1, 0.15) is 24.4 Å². The SMILES string of the molecule is N#Cc1cn(C2CC2)c(=O)n(CC(=O)Nc2ccccc2)c1=O. The van der Waals surface area contributed by atoms with Crippen LogP contribution in [-0.2, 0) is 11.3 Å². The van der Waals surface area contributed by atoms with Gasteiger partial charge in [-0.3, -0.25) is 14.2 Å². The molecular weight excluding hydrogens is 296 g/mol. The van der Waals surface area contributed by atoms with E-state index in [0.717, 1.165) is 17.4 Å². The minimum absolute atomic E-state index is 0.0126. The molecule has 0 unspecified atom stereocenters. The average molecular weight is 310 g/mol. The van der Waals surface area contributed by atoms with Crippen LogP contribution in [0, 0.1) is 11.3 Å². The number of carbonyl (C=O) groups excluding carboxylic acids is 1. The van der Waals surface area contributed by atoms with E-state index in [4.69, 9.17) is 5.26 Å². The Kier molecular flexibility index (Phi) is 3.81. The Morgan fingerprint density at radius 1 is 1.26 bits per heavy atom. The summed E-state index contributed by atoms with van der Waals surface area (Å²) in [4.78, 5) is 36.6. The fourth-order valence-electron chi connectivity index (χ4n) is 2.32. The van der Waals surface area contributed by atoms with Gasteiger partial charge in [-0.1, -0.05) is 18.2 Å². The van der Waals surface area contributed by atoms with Gasteiger partial charge in [0.1, 0.15) is 18.2 Å². The van der Waals surface area contributed by atoms with E-state index >= 15 is 0 Å². The quantitative estimate of drug-likeness (QED) is 0.905. The number of benzene rings is 1. The van der Waals surface area contributed by atoms with Crippen LogP contribution in [0.4, 0.5) is 5.69 Å². The zero-order valence-electron chi connectivity index (χ0n) is 12.2. The molecule has 0 spiro atoms. The van der Waals surface area contributed by atoms with Gasteiger partial charge in [0.05, 0.1) is 0 Å². The molecular formula is C16H14N4O3. The van der Waals surface area contributed by atoms with Crippen molar-refractivity contribution in [3.05, 3.63) is 62.9 Å². The number of amides is 1. The number of nitrogens with one attached hydrogen (secondary N) is 1. The molecule has 1 heterocycles. The topological polar surface area (TPSA) is 96.9 Å². The van der Waals surface area contributed by atoms with E-state index < -0.39 is 23.7 Å². The third-order valence-corrected chi connectivity index (χ3v) is 3.62. The lowest BCUT2D eigenvalue weighted by atomic mass is 10.3. The lowest BCUT2D eigenvalue weighted by Crippen LogP contribution is -2.43. The lowest BCUT2D eigenvalue weighted by molar-refractivity contribution is -0.116. The number of hydrogen-bond donors (Lipinski definition) is 1. The maximum Gasteiger partial charge on any atom is 0.331 e. The summed E-state index contributed by atoms with van der Waals surface area (Å²) in [5.74, 6) is -0.493. The zero-order valence-corrected chi connectivity index (χ0v) is 12.2. The third-order valence-electron chi connectivity index (χ3n) is 3.62. The number of nitriles is 1. The normalized spacial score (nSPS) is 13.3. The molecule has 1 aromatic carbocycles. The molecule has 2 aromatic rings. The highest BCUT2D eigenvalue weighted by Crippen LogP contribution is 2.33. The number of nitrogens with zero attached hydrogens (tertiary/aromatic N) is 3. The van der Waals surface area contributed by atoms with Gasteiger partial charge in [-0.25, -0.2) is 9.36 Å². The first kappa shape index (κ1) is 14.8. The van der Waals surface area contributed by atoms with Crippen molar-refractivity contribution < 1.29 is 4.79 Å². The van der Waals surface area contributed by atoms with Crippen molar-refractivity contribution >= 4 is 11.6 Å². The molecule has 0 bridgehead atoms. The van der Waals surface area contributed by atoms with Crippen molar-refractivity contribution in [2.45, 2.75) is 25.4 Å². The zero-order chi connectivity index (χ0) is 16.4. The van der Waals surface area contributed by atoms with Crippen LogP contribution in [0.2, 0.25) is 0 Å². The molecule has 0 radical (unpaired) electrons. The van der Waals surface area contributed by atoms with Crippen LogP contribution < -0.4 is 16.6 Å². The van der Waals surface area contributed by atoms with Crippen LogP contribution >= 0.6 is 0 Å². The Morgan fingerprint density at radius 2 is 1.96 bits per heavy atom. The Balaban J connectivity index is 1.92. The van der Waals surface area contributed by atoms with Crippen molar-refractivity contribution in [1.82, 2.24) is 9.13 Å². The first-order chi connectivity index (χ1) is 11.1. The van der Waals surface area contributed by atoms with Gasteiger partial charge in [-0.15, -0.1) is 0 Å². The van der Waals surface area contributed by atoms with E-state index in [0.29, 0.717) is 5.69 Å².